The number of carbonyl (C=O) groups excluding carboxylic acids is 1. The van der Waals surface area contributed by atoms with Gasteiger partial charge in [-0.2, -0.15) is 0 Å². The van der Waals surface area contributed by atoms with Gasteiger partial charge in [-0.15, -0.1) is 0 Å². The fraction of sp³-hybridized carbons (Fsp3) is 0.909. The third-order valence-electron chi connectivity index (χ3n) is 3.47. The lowest BCUT2D eigenvalue weighted by molar-refractivity contribution is -0.152. The molecule has 0 aromatic carbocycles. The Hall–Kier alpha value is -0.610. The first-order chi connectivity index (χ1) is 7.31. The summed E-state index contributed by atoms with van der Waals surface area (Å²) in [6.45, 7) is 6.09. The number of piperidine rings is 1. The number of morpholine rings is 1. The summed E-state index contributed by atoms with van der Waals surface area (Å²) in [6, 6.07) is 0. The predicted octanol–water partition coefficient (Wildman–Crippen LogP) is 0.233. The van der Waals surface area contributed by atoms with Crippen molar-refractivity contribution < 1.29 is 9.53 Å². The summed E-state index contributed by atoms with van der Waals surface area (Å²) >= 11 is 0. The number of rotatable bonds is 2. The average Bonchev–Trinajstić information content (AvgIpc) is 2.31. The molecule has 0 radical (unpaired) electrons. The van der Waals surface area contributed by atoms with Gasteiger partial charge in [0.05, 0.1) is 6.10 Å². The second-order valence-corrected chi connectivity index (χ2v) is 4.37. The molecular weight excluding hydrogens is 192 g/mol. The summed E-state index contributed by atoms with van der Waals surface area (Å²) < 4.78 is 5.64. The predicted molar refractivity (Wildman–Crippen MR) is 57.6 cm³/mol. The molecule has 2 fully saturated rings. The van der Waals surface area contributed by atoms with E-state index in [1.54, 1.807) is 0 Å². The minimum absolute atomic E-state index is 0.141. The molecule has 15 heavy (non-hydrogen) atoms. The number of nitrogens with one attached hydrogen (secondary N) is 1. The van der Waals surface area contributed by atoms with E-state index in [-0.39, 0.29) is 18.6 Å². The van der Waals surface area contributed by atoms with Crippen LogP contribution in [0.25, 0.3) is 0 Å². The highest BCUT2D eigenvalue weighted by atomic mass is 16.5. The number of nitrogens with zero attached hydrogens (tertiary/aromatic N) is 1. The summed E-state index contributed by atoms with van der Waals surface area (Å²) in [5.41, 5.74) is 0. The van der Waals surface area contributed by atoms with Gasteiger partial charge in [0.2, 0.25) is 5.91 Å². The van der Waals surface area contributed by atoms with E-state index in [2.05, 4.69) is 5.32 Å². The summed E-state index contributed by atoms with van der Waals surface area (Å²) in [7, 11) is 0. The summed E-state index contributed by atoms with van der Waals surface area (Å²) in [5, 5.41) is 3.35. The van der Waals surface area contributed by atoms with E-state index in [1.807, 2.05) is 11.8 Å². The van der Waals surface area contributed by atoms with Crippen LogP contribution >= 0.6 is 0 Å². The zero-order valence-corrected chi connectivity index (χ0v) is 9.37. The van der Waals surface area contributed by atoms with Crippen molar-refractivity contribution in [1.82, 2.24) is 10.2 Å². The number of likely N-dealkylation sites (N-methyl/N-ethyl adjacent to an activating group) is 1. The molecule has 2 aliphatic heterocycles. The number of amides is 1. The molecule has 86 valence electrons. The molecule has 2 rings (SSSR count). The van der Waals surface area contributed by atoms with Gasteiger partial charge in [-0.25, -0.2) is 0 Å². The second kappa shape index (κ2) is 4.94. The van der Waals surface area contributed by atoms with E-state index in [0.717, 1.165) is 26.2 Å². The van der Waals surface area contributed by atoms with Crippen molar-refractivity contribution in [2.75, 3.05) is 32.8 Å². The first kappa shape index (κ1) is 10.9. The third kappa shape index (κ3) is 2.49. The van der Waals surface area contributed by atoms with Crippen molar-refractivity contribution >= 4 is 5.91 Å². The summed E-state index contributed by atoms with van der Waals surface area (Å²) in [6.07, 6.45) is 2.62. The number of hydrogen-bond acceptors (Lipinski definition) is 3. The van der Waals surface area contributed by atoms with E-state index in [4.69, 9.17) is 4.74 Å². The molecule has 2 aliphatic rings. The van der Waals surface area contributed by atoms with Crippen molar-refractivity contribution in [3.63, 3.8) is 0 Å². The van der Waals surface area contributed by atoms with Crippen molar-refractivity contribution in [3.8, 4) is 0 Å². The molecular formula is C11H20N2O2. The van der Waals surface area contributed by atoms with Crippen LogP contribution < -0.4 is 5.32 Å². The van der Waals surface area contributed by atoms with Crippen molar-refractivity contribution in [2.45, 2.75) is 25.9 Å². The lowest BCUT2D eigenvalue weighted by atomic mass is 9.91. The van der Waals surface area contributed by atoms with Crippen molar-refractivity contribution in [2.24, 2.45) is 5.92 Å². The molecule has 2 saturated heterocycles. The molecule has 0 bridgehead atoms. The lowest BCUT2D eigenvalue weighted by Crippen LogP contribution is -2.50. The topological polar surface area (TPSA) is 41.6 Å². The van der Waals surface area contributed by atoms with Crippen LogP contribution in [0.2, 0.25) is 0 Å². The van der Waals surface area contributed by atoms with Gasteiger partial charge >= 0.3 is 0 Å². The molecule has 4 heteroatoms. The maximum atomic E-state index is 11.4. The quantitative estimate of drug-likeness (QED) is 0.712. The van der Waals surface area contributed by atoms with Crippen LogP contribution in [0.1, 0.15) is 19.8 Å². The van der Waals surface area contributed by atoms with Crippen molar-refractivity contribution in [1.29, 1.82) is 0 Å². The normalized spacial score (nSPS) is 29.5. The van der Waals surface area contributed by atoms with E-state index in [9.17, 15) is 4.79 Å². The van der Waals surface area contributed by atoms with E-state index in [0.29, 0.717) is 5.92 Å². The third-order valence-corrected chi connectivity index (χ3v) is 3.47. The highest BCUT2D eigenvalue weighted by Crippen LogP contribution is 2.22. The molecule has 0 aromatic rings. The Bertz CT molecular complexity index is 227. The van der Waals surface area contributed by atoms with Crippen LogP contribution in [0.5, 0.6) is 0 Å². The molecule has 1 amide bonds. The Balaban J connectivity index is 1.89. The highest BCUT2D eigenvalue weighted by Gasteiger charge is 2.31. The van der Waals surface area contributed by atoms with Crippen LogP contribution in [-0.4, -0.2) is 49.7 Å². The first-order valence-electron chi connectivity index (χ1n) is 5.91. The first-order valence-corrected chi connectivity index (χ1v) is 5.91. The van der Waals surface area contributed by atoms with Crippen LogP contribution in [0, 0.1) is 5.92 Å². The summed E-state index contributed by atoms with van der Waals surface area (Å²) in [4.78, 5) is 13.4. The number of hydrogen-bond donors (Lipinski definition) is 1. The van der Waals surface area contributed by atoms with Gasteiger partial charge < -0.3 is 15.0 Å². The van der Waals surface area contributed by atoms with Crippen LogP contribution in [0.4, 0.5) is 0 Å². The van der Waals surface area contributed by atoms with E-state index in [1.165, 1.54) is 12.8 Å². The Morgan fingerprint density at radius 3 is 2.87 bits per heavy atom. The molecule has 0 spiro atoms. The van der Waals surface area contributed by atoms with Gasteiger partial charge in [-0.05, 0) is 38.8 Å². The molecule has 0 unspecified atom stereocenters. The lowest BCUT2D eigenvalue weighted by Gasteiger charge is -2.37. The fourth-order valence-electron chi connectivity index (χ4n) is 2.45. The second-order valence-electron chi connectivity index (χ2n) is 4.37. The van der Waals surface area contributed by atoms with Gasteiger partial charge in [0.25, 0.3) is 0 Å². The number of carbonyl (C=O) groups is 1. The Kier molecular flexibility index (Phi) is 3.59. The molecule has 1 atom stereocenters. The standard InChI is InChI=1S/C11H20N2O2/c1-2-13-7-10(15-8-11(13)14)9-3-5-12-6-4-9/h9-10,12H,2-8H2,1H3/t10-/m1/s1. The summed E-state index contributed by atoms with van der Waals surface area (Å²) in [5.74, 6) is 0.774. The SMILES string of the molecule is CCN1C[C@H](C2CCNCC2)OCC1=O. The maximum Gasteiger partial charge on any atom is 0.248 e. The van der Waals surface area contributed by atoms with Gasteiger partial charge in [0.1, 0.15) is 6.61 Å². The fourth-order valence-corrected chi connectivity index (χ4v) is 2.45. The zero-order chi connectivity index (χ0) is 10.7. The molecule has 1 N–H and O–H groups in total. The van der Waals surface area contributed by atoms with Gasteiger partial charge in [0, 0.05) is 13.1 Å². The smallest absolute Gasteiger partial charge is 0.248 e. The minimum atomic E-state index is 0.141. The van der Waals surface area contributed by atoms with Gasteiger partial charge in [-0.3, -0.25) is 4.79 Å². The molecule has 0 aromatic heterocycles. The molecule has 0 saturated carbocycles. The average molecular weight is 212 g/mol. The largest absolute Gasteiger partial charge is 0.366 e. The molecule has 2 heterocycles. The van der Waals surface area contributed by atoms with Crippen LogP contribution in [0.3, 0.4) is 0 Å². The van der Waals surface area contributed by atoms with E-state index < -0.39 is 0 Å². The number of ether oxygens (including phenoxy) is 1. The molecule has 0 aliphatic carbocycles. The Morgan fingerprint density at radius 1 is 1.47 bits per heavy atom. The van der Waals surface area contributed by atoms with E-state index >= 15 is 0 Å². The molecule has 4 nitrogen and oxygen atoms in total. The van der Waals surface area contributed by atoms with Crippen LogP contribution in [-0.2, 0) is 9.53 Å². The highest BCUT2D eigenvalue weighted by molar-refractivity contribution is 5.78. The Labute approximate surface area is 91.0 Å². The van der Waals surface area contributed by atoms with Gasteiger partial charge in [-0.1, -0.05) is 0 Å². The maximum absolute atomic E-state index is 11.4. The monoisotopic (exact) mass is 212 g/mol. The van der Waals surface area contributed by atoms with Crippen molar-refractivity contribution in [3.05, 3.63) is 0 Å². The zero-order valence-electron chi connectivity index (χ0n) is 9.37. The van der Waals surface area contributed by atoms with Gasteiger partial charge in [0.15, 0.2) is 0 Å². The van der Waals surface area contributed by atoms with Crippen LogP contribution in [0.15, 0.2) is 0 Å². The Morgan fingerprint density at radius 2 is 2.20 bits per heavy atom. The minimum Gasteiger partial charge on any atom is -0.366 e.